The smallest absolute Gasteiger partial charge is 0.324 e. The van der Waals surface area contributed by atoms with Crippen molar-refractivity contribution in [3.05, 3.63) is 0 Å². The first-order valence-electron chi connectivity index (χ1n) is 6.05. The molecule has 15 heavy (non-hydrogen) atoms. The minimum atomic E-state index is -0.596. The molecular formula is C12H21NO2. The fourth-order valence-corrected chi connectivity index (χ4v) is 2.99. The molecule has 0 bridgehead atoms. The van der Waals surface area contributed by atoms with Gasteiger partial charge in [0.05, 0.1) is 0 Å². The summed E-state index contributed by atoms with van der Waals surface area (Å²) < 4.78 is 0. The van der Waals surface area contributed by atoms with Crippen molar-refractivity contribution in [2.75, 3.05) is 13.1 Å². The number of hydrogen-bond donors (Lipinski definition) is 1. The van der Waals surface area contributed by atoms with E-state index in [0.717, 1.165) is 25.9 Å². The van der Waals surface area contributed by atoms with Gasteiger partial charge in [-0.25, -0.2) is 0 Å². The number of carboxylic acid groups (broad SMARTS) is 1. The van der Waals surface area contributed by atoms with E-state index in [1.54, 1.807) is 0 Å². The molecule has 0 amide bonds. The third kappa shape index (κ3) is 1.67. The molecule has 1 saturated carbocycles. The summed E-state index contributed by atoms with van der Waals surface area (Å²) in [5, 5.41) is 9.40. The maximum absolute atomic E-state index is 11.4. The number of likely N-dealkylation sites (tertiary alicyclic amines) is 1. The van der Waals surface area contributed by atoms with Crippen LogP contribution in [0.5, 0.6) is 0 Å². The van der Waals surface area contributed by atoms with E-state index in [9.17, 15) is 9.90 Å². The molecule has 2 aliphatic rings. The van der Waals surface area contributed by atoms with E-state index in [4.69, 9.17) is 0 Å². The highest BCUT2D eigenvalue weighted by Crippen LogP contribution is 2.47. The third-order valence-corrected chi connectivity index (χ3v) is 4.25. The Bertz CT molecular complexity index is 250. The van der Waals surface area contributed by atoms with Gasteiger partial charge < -0.3 is 5.11 Å². The second-order valence-electron chi connectivity index (χ2n) is 5.44. The van der Waals surface area contributed by atoms with Gasteiger partial charge in [0.25, 0.3) is 0 Å². The van der Waals surface area contributed by atoms with Crippen molar-refractivity contribution in [2.24, 2.45) is 11.8 Å². The Morgan fingerprint density at radius 1 is 1.33 bits per heavy atom. The molecule has 1 heterocycles. The van der Waals surface area contributed by atoms with Crippen molar-refractivity contribution >= 4 is 5.97 Å². The number of carbonyl (C=O) groups is 1. The molecule has 0 atom stereocenters. The standard InChI is InChI=1S/C12H21NO2/c1-9(2)10-7-12(8-10,11(14)15)13-5-3-4-6-13/h9-10H,3-8H2,1-2H3,(H,14,15). The van der Waals surface area contributed by atoms with Crippen LogP contribution in [0, 0.1) is 11.8 Å². The van der Waals surface area contributed by atoms with Crippen LogP contribution >= 0.6 is 0 Å². The van der Waals surface area contributed by atoms with E-state index in [0.29, 0.717) is 11.8 Å². The summed E-state index contributed by atoms with van der Waals surface area (Å²) in [6, 6.07) is 0. The highest BCUT2D eigenvalue weighted by Gasteiger charge is 2.55. The van der Waals surface area contributed by atoms with E-state index in [-0.39, 0.29) is 0 Å². The number of aliphatic carboxylic acids is 1. The molecule has 0 unspecified atom stereocenters. The predicted molar refractivity (Wildman–Crippen MR) is 58.7 cm³/mol. The number of rotatable bonds is 3. The Kier molecular flexibility index (Phi) is 2.75. The summed E-state index contributed by atoms with van der Waals surface area (Å²) >= 11 is 0. The van der Waals surface area contributed by atoms with Gasteiger partial charge >= 0.3 is 5.97 Å². The molecule has 2 fully saturated rings. The Balaban J connectivity index is 2.05. The fraction of sp³-hybridized carbons (Fsp3) is 0.917. The van der Waals surface area contributed by atoms with Crippen molar-refractivity contribution in [3.63, 3.8) is 0 Å². The summed E-state index contributed by atoms with van der Waals surface area (Å²) in [6.07, 6.45) is 4.06. The first-order valence-corrected chi connectivity index (χ1v) is 6.05. The summed E-state index contributed by atoms with van der Waals surface area (Å²) in [5.41, 5.74) is -0.495. The van der Waals surface area contributed by atoms with Crippen LogP contribution in [0.1, 0.15) is 39.5 Å². The zero-order valence-electron chi connectivity index (χ0n) is 9.70. The van der Waals surface area contributed by atoms with Crippen molar-refractivity contribution in [2.45, 2.75) is 45.1 Å². The Labute approximate surface area is 91.5 Å². The molecule has 1 saturated heterocycles. The molecule has 86 valence electrons. The quantitative estimate of drug-likeness (QED) is 0.776. The lowest BCUT2D eigenvalue weighted by atomic mass is 9.63. The van der Waals surface area contributed by atoms with Gasteiger partial charge in [-0.2, -0.15) is 0 Å². The summed E-state index contributed by atoms with van der Waals surface area (Å²) in [5.74, 6) is 0.642. The minimum Gasteiger partial charge on any atom is -0.480 e. The summed E-state index contributed by atoms with van der Waals surface area (Å²) in [7, 11) is 0. The van der Waals surface area contributed by atoms with Gasteiger partial charge in [0, 0.05) is 0 Å². The molecule has 2 rings (SSSR count). The van der Waals surface area contributed by atoms with E-state index in [1.165, 1.54) is 12.8 Å². The van der Waals surface area contributed by atoms with Crippen LogP contribution in [0.25, 0.3) is 0 Å². The monoisotopic (exact) mass is 211 g/mol. The molecular weight excluding hydrogens is 190 g/mol. The van der Waals surface area contributed by atoms with E-state index >= 15 is 0 Å². The van der Waals surface area contributed by atoms with Gasteiger partial charge in [0.1, 0.15) is 5.54 Å². The SMILES string of the molecule is CC(C)C1CC(C(=O)O)(N2CCCC2)C1. The maximum atomic E-state index is 11.4. The Morgan fingerprint density at radius 2 is 1.87 bits per heavy atom. The van der Waals surface area contributed by atoms with Crippen LogP contribution < -0.4 is 0 Å². The average molecular weight is 211 g/mol. The van der Waals surface area contributed by atoms with Crippen molar-refractivity contribution in [3.8, 4) is 0 Å². The second-order valence-corrected chi connectivity index (χ2v) is 5.44. The number of carboxylic acids is 1. The molecule has 1 N–H and O–H groups in total. The van der Waals surface area contributed by atoms with Crippen LogP contribution in [0.4, 0.5) is 0 Å². The van der Waals surface area contributed by atoms with Crippen LogP contribution in [0.15, 0.2) is 0 Å². The van der Waals surface area contributed by atoms with Gasteiger partial charge in [-0.05, 0) is 50.6 Å². The highest BCUT2D eigenvalue weighted by atomic mass is 16.4. The lowest BCUT2D eigenvalue weighted by molar-refractivity contribution is -0.163. The zero-order valence-corrected chi connectivity index (χ0v) is 9.70. The van der Waals surface area contributed by atoms with Gasteiger partial charge in [0.2, 0.25) is 0 Å². The van der Waals surface area contributed by atoms with E-state index < -0.39 is 11.5 Å². The first-order chi connectivity index (χ1) is 7.06. The molecule has 0 aromatic rings. The molecule has 0 aromatic carbocycles. The molecule has 0 radical (unpaired) electrons. The lowest BCUT2D eigenvalue weighted by Crippen LogP contribution is -2.62. The van der Waals surface area contributed by atoms with Gasteiger partial charge in [-0.3, -0.25) is 9.69 Å². The van der Waals surface area contributed by atoms with Gasteiger partial charge in [-0.15, -0.1) is 0 Å². The van der Waals surface area contributed by atoms with Crippen LogP contribution in [-0.4, -0.2) is 34.6 Å². The Hall–Kier alpha value is -0.570. The largest absolute Gasteiger partial charge is 0.480 e. The normalized spacial score (nSPS) is 36.9. The molecule has 0 aromatic heterocycles. The molecule has 0 spiro atoms. The average Bonchev–Trinajstić information content (AvgIpc) is 2.53. The highest BCUT2D eigenvalue weighted by molar-refractivity contribution is 5.80. The molecule has 3 heteroatoms. The van der Waals surface area contributed by atoms with Gasteiger partial charge in [-0.1, -0.05) is 13.8 Å². The van der Waals surface area contributed by atoms with Crippen LogP contribution in [0.2, 0.25) is 0 Å². The van der Waals surface area contributed by atoms with E-state index in [1.807, 2.05) is 0 Å². The third-order valence-electron chi connectivity index (χ3n) is 4.25. The zero-order chi connectivity index (χ0) is 11.1. The first kappa shape index (κ1) is 10.9. The van der Waals surface area contributed by atoms with E-state index in [2.05, 4.69) is 18.7 Å². The summed E-state index contributed by atoms with van der Waals surface area (Å²) in [6.45, 7) is 6.36. The lowest BCUT2D eigenvalue weighted by Gasteiger charge is -2.51. The predicted octanol–water partition coefficient (Wildman–Crippen LogP) is 1.97. The summed E-state index contributed by atoms with van der Waals surface area (Å²) in [4.78, 5) is 13.6. The van der Waals surface area contributed by atoms with Crippen LogP contribution in [-0.2, 0) is 4.79 Å². The van der Waals surface area contributed by atoms with Crippen molar-refractivity contribution in [1.82, 2.24) is 4.90 Å². The minimum absolute atomic E-state index is 0.495. The number of nitrogens with zero attached hydrogens (tertiary/aromatic N) is 1. The van der Waals surface area contributed by atoms with Gasteiger partial charge in [0.15, 0.2) is 0 Å². The Morgan fingerprint density at radius 3 is 2.27 bits per heavy atom. The van der Waals surface area contributed by atoms with Crippen molar-refractivity contribution in [1.29, 1.82) is 0 Å². The van der Waals surface area contributed by atoms with Crippen molar-refractivity contribution < 1.29 is 9.90 Å². The topological polar surface area (TPSA) is 40.5 Å². The molecule has 1 aliphatic carbocycles. The van der Waals surface area contributed by atoms with Crippen LogP contribution in [0.3, 0.4) is 0 Å². The fourth-order valence-electron chi connectivity index (χ4n) is 2.99. The number of hydrogen-bond acceptors (Lipinski definition) is 2. The molecule has 3 nitrogen and oxygen atoms in total. The maximum Gasteiger partial charge on any atom is 0.324 e. The molecule has 1 aliphatic heterocycles. The second kappa shape index (κ2) is 3.78.